The van der Waals surface area contributed by atoms with Crippen molar-refractivity contribution in [1.29, 1.82) is 0 Å². The monoisotopic (exact) mass is 273 g/mol. The van der Waals surface area contributed by atoms with Crippen LogP contribution in [-0.2, 0) is 11.3 Å². The summed E-state index contributed by atoms with van der Waals surface area (Å²) in [4.78, 5) is 14.0. The van der Waals surface area contributed by atoms with Crippen molar-refractivity contribution in [3.8, 4) is 0 Å². The Bertz CT molecular complexity index is 446. The molecule has 0 radical (unpaired) electrons. The van der Waals surface area contributed by atoms with E-state index in [2.05, 4.69) is 36.9 Å². The van der Waals surface area contributed by atoms with Gasteiger partial charge in [-0.3, -0.25) is 9.69 Å². The molecule has 0 aliphatic carbocycles. The lowest BCUT2D eigenvalue weighted by Crippen LogP contribution is -2.35. The maximum Gasteiger partial charge on any atom is 0.131 e. The quantitative estimate of drug-likeness (QED) is 0.825. The van der Waals surface area contributed by atoms with E-state index in [1.54, 1.807) is 6.92 Å². The molecule has 0 spiro atoms. The van der Waals surface area contributed by atoms with E-state index < -0.39 is 0 Å². The molecule has 2 heteroatoms. The van der Waals surface area contributed by atoms with Crippen LogP contribution in [0.3, 0.4) is 0 Å². The van der Waals surface area contributed by atoms with Crippen LogP contribution in [-0.4, -0.2) is 23.3 Å². The summed E-state index contributed by atoms with van der Waals surface area (Å²) in [7, 11) is 0. The van der Waals surface area contributed by atoms with Crippen molar-refractivity contribution in [3.05, 3.63) is 34.9 Å². The second-order valence-electron chi connectivity index (χ2n) is 6.38. The lowest BCUT2D eigenvalue weighted by atomic mass is 10.0. The van der Waals surface area contributed by atoms with Crippen molar-refractivity contribution in [2.45, 2.75) is 65.5 Å². The Morgan fingerprint density at radius 2 is 1.85 bits per heavy atom. The zero-order valence-electron chi connectivity index (χ0n) is 13.1. The number of aryl methyl sites for hydroxylation is 2. The molecule has 0 bridgehead atoms. The smallest absolute Gasteiger partial charge is 0.131 e. The first-order chi connectivity index (χ1) is 9.54. The fourth-order valence-electron chi connectivity index (χ4n) is 3.40. The molecule has 1 atom stereocenters. The van der Waals surface area contributed by atoms with E-state index in [9.17, 15) is 4.79 Å². The third kappa shape index (κ3) is 4.45. The van der Waals surface area contributed by atoms with Gasteiger partial charge in [0.25, 0.3) is 0 Å². The summed E-state index contributed by atoms with van der Waals surface area (Å²) >= 11 is 0. The molecule has 1 aliphatic rings. The number of carbonyl (C=O) groups excluding carboxylic acids is 1. The highest BCUT2D eigenvalue weighted by Gasteiger charge is 2.22. The van der Waals surface area contributed by atoms with Crippen LogP contribution in [0.4, 0.5) is 0 Å². The first-order valence-corrected chi connectivity index (χ1v) is 7.85. The number of carbonyl (C=O) groups is 1. The van der Waals surface area contributed by atoms with E-state index in [0.717, 1.165) is 13.1 Å². The van der Waals surface area contributed by atoms with Gasteiger partial charge in [-0.1, -0.05) is 42.2 Å². The van der Waals surface area contributed by atoms with E-state index in [1.165, 1.54) is 42.4 Å². The highest BCUT2D eigenvalue weighted by molar-refractivity contribution is 5.76. The minimum absolute atomic E-state index is 0.322. The molecule has 1 unspecified atom stereocenters. The molecule has 110 valence electrons. The average molecular weight is 273 g/mol. The largest absolute Gasteiger partial charge is 0.300 e. The maximum absolute atomic E-state index is 11.5. The highest BCUT2D eigenvalue weighted by Crippen LogP contribution is 2.22. The minimum atomic E-state index is 0.322. The summed E-state index contributed by atoms with van der Waals surface area (Å²) < 4.78 is 0. The Balaban J connectivity index is 2.11. The zero-order chi connectivity index (χ0) is 14.5. The highest BCUT2D eigenvalue weighted by atomic mass is 16.1. The first-order valence-electron chi connectivity index (χ1n) is 7.85. The fraction of sp³-hybridized carbons (Fsp3) is 0.611. The van der Waals surface area contributed by atoms with Crippen LogP contribution in [0.5, 0.6) is 0 Å². The molecule has 0 N–H and O–H groups in total. The van der Waals surface area contributed by atoms with E-state index >= 15 is 0 Å². The molecular formula is C18H27NO. The van der Waals surface area contributed by atoms with Crippen LogP contribution in [0.2, 0.25) is 0 Å². The summed E-state index contributed by atoms with van der Waals surface area (Å²) in [6.45, 7) is 8.16. The molecule has 1 fully saturated rings. The number of likely N-dealkylation sites (tertiary alicyclic amines) is 1. The van der Waals surface area contributed by atoms with Crippen LogP contribution in [0.25, 0.3) is 0 Å². The van der Waals surface area contributed by atoms with Gasteiger partial charge in [0.1, 0.15) is 5.78 Å². The fourth-order valence-corrected chi connectivity index (χ4v) is 3.40. The number of Topliss-reactive ketones (excluding diaryl/α,β-unsaturated/α-hetero) is 1. The lowest BCUT2D eigenvalue weighted by Gasteiger charge is -2.29. The molecule has 20 heavy (non-hydrogen) atoms. The van der Waals surface area contributed by atoms with E-state index in [0.29, 0.717) is 18.2 Å². The molecule has 1 aliphatic heterocycles. The predicted octanol–water partition coefficient (Wildman–Crippen LogP) is 4.03. The second kappa shape index (κ2) is 7.03. The second-order valence-corrected chi connectivity index (χ2v) is 6.38. The van der Waals surface area contributed by atoms with Crippen LogP contribution in [0.15, 0.2) is 18.2 Å². The Morgan fingerprint density at radius 1 is 1.15 bits per heavy atom. The molecule has 1 heterocycles. The number of nitrogens with zero attached hydrogens (tertiary/aromatic N) is 1. The Morgan fingerprint density at radius 3 is 2.50 bits per heavy atom. The first kappa shape index (κ1) is 15.2. The molecule has 1 aromatic rings. The van der Waals surface area contributed by atoms with E-state index in [4.69, 9.17) is 0 Å². The van der Waals surface area contributed by atoms with Gasteiger partial charge in [0.15, 0.2) is 0 Å². The molecule has 0 saturated carbocycles. The van der Waals surface area contributed by atoms with Gasteiger partial charge in [0, 0.05) is 19.0 Å². The van der Waals surface area contributed by atoms with Crippen molar-refractivity contribution < 1.29 is 4.79 Å². The number of ketones is 1. The zero-order valence-corrected chi connectivity index (χ0v) is 13.1. The Kier molecular flexibility index (Phi) is 5.36. The molecule has 0 amide bonds. The molecule has 1 saturated heterocycles. The van der Waals surface area contributed by atoms with Gasteiger partial charge in [0.2, 0.25) is 0 Å². The third-order valence-electron chi connectivity index (χ3n) is 4.19. The lowest BCUT2D eigenvalue weighted by molar-refractivity contribution is -0.118. The van der Waals surface area contributed by atoms with Crippen molar-refractivity contribution in [1.82, 2.24) is 4.90 Å². The van der Waals surface area contributed by atoms with E-state index in [-0.39, 0.29) is 0 Å². The van der Waals surface area contributed by atoms with Crippen molar-refractivity contribution in [3.63, 3.8) is 0 Å². The van der Waals surface area contributed by atoms with Gasteiger partial charge in [0.05, 0.1) is 0 Å². The number of rotatable bonds is 4. The molecule has 1 aromatic carbocycles. The van der Waals surface area contributed by atoms with Gasteiger partial charge >= 0.3 is 0 Å². The summed E-state index contributed by atoms with van der Waals surface area (Å²) in [6.07, 6.45) is 5.72. The van der Waals surface area contributed by atoms with Crippen LogP contribution >= 0.6 is 0 Å². The predicted molar refractivity (Wildman–Crippen MR) is 83.9 cm³/mol. The van der Waals surface area contributed by atoms with Gasteiger partial charge in [-0.2, -0.15) is 0 Å². The SMILES string of the molecule is CC(=O)CC1CCCCCN1Cc1cc(C)cc(C)c1. The van der Waals surface area contributed by atoms with Gasteiger partial charge in [-0.25, -0.2) is 0 Å². The average Bonchev–Trinajstić information content (AvgIpc) is 2.53. The topological polar surface area (TPSA) is 20.3 Å². The van der Waals surface area contributed by atoms with Crippen LogP contribution in [0, 0.1) is 13.8 Å². The standard InChI is InChI=1S/C18H27NO/c1-14-9-15(2)11-17(10-14)13-19-8-6-4-5-7-18(19)12-16(3)20/h9-11,18H,4-8,12-13H2,1-3H3. The minimum Gasteiger partial charge on any atom is -0.300 e. The van der Waals surface area contributed by atoms with Crippen LogP contribution in [0.1, 0.15) is 55.7 Å². The summed E-state index contributed by atoms with van der Waals surface area (Å²) in [5.74, 6) is 0.322. The van der Waals surface area contributed by atoms with Crippen molar-refractivity contribution >= 4 is 5.78 Å². The molecule has 2 nitrogen and oxygen atoms in total. The number of hydrogen-bond donors (Lipinski definition) is 0. The van der Waals surface area contributed by atoms with Gasteiger partial charge in [-0.05, 0) is 45.7 Å². The third-order valence-corrected chi connectivity index (χ3v) is 4.19. The van der Waals surface area contributed by atoms with Crippen molar-refractivity contribution in [2.24, 2.45) is 0 Å². The molecule has 2 rings (SSSR count). The van der Waals surface area contributed by atoms with Gasteiger partial charge < -0.3 is 0 Å². The normalized spacial score (nSPS) is 20.6. The number of hydrogen-bond acceptors (Lipinski definition) is 2. The summed E-state index contributed by atoms with van der Waals surface area (Å²) in [5.41, 5.74) is 4.05. The van der Waals surface area contributed by atoms with E-state index in [1.807, 2.05) is 0 Å². The Hall–Kier alpha value is -1.15. The summed E-state index contributed by atoms with van der Waals surface area (Å²) in [5, 5.41) is 0. The number of benzene rings is 1. The maximum atomic E-state index is 11.5. The van der Waals surface area contributed by atoms with Crippen LogP contribution < -0.4 is 0 Å². The van der Waals surface area contributed by atoms with Crippen molar-refractivity contribution in [2.75, 3.05) is 6.54 Å². The molecule has 0 aromatic heterocycles. The summed E-state index contributed by atoms with van der Waals surface area (Å²) in [6, 6.07) is 7.22. The Labute approximate surface area is 123 Å². The molecular weight excluding hydrogens is 246 g/mol. The van der Waals surface area contributed by atoms with Gasteiger partial charge in [-0.15, -0.1) is 0 Å².